The number of anilines is 1. The number of halogens is 2. The fourth-order valence-corrected chi connectivity index (χ4v) is 3.17. The molecule has 10 nitrogen and oxygen atoms in total. The van der Waals surface area contributed by atoms with Crippen molar-refractivity contribution in [2.45, 2.75) is 32.4 Å². The van der Waals surface area contributed by atoms with E-state index >= 15 is 0 Å². The summed E-state index contributed by atoms with van der Waals surface area (Å²) in [6.07, 6.45) is 0. The molecular formula is C18H16Cl2N6O4. The van der Waals surface area contributed by atoms with Crippen LogP contribution in [-0.4, -0.2) is 33.1 Å². The van der Waals surface area contributed by atoms with Crippen LogP contribution in [0.5, 0.6) is 11.6 Å². The second-order valence-electron chi connectivity index (χ2n) is 6.93. The number of aromatic nitrogens is 2. The Kier molecular flexibility index (Phi) is 5.72. The van der Waals surface area contributed by atoms with E-state index in [1.807, 2.05) is 6.07 Å². The summed E-state index contributed by atoms with van der Waals surface area (Å²) in [6.45, 7) is 4.51. The van der Waals surface area contributed by atoms with E-state index in [0.29, 0.717) is 0 Å². The summed E-state index contributed by atoms with van der Waals surface area (Å²) < 4.78 is 5.60. The van der Waals surface area contributed by atoms with Gasteiger partial charge in [0.2, 0.25) is 5.88 Å². The lowest BCUT2D eigenvalue weighted by Crippen LogP contribution is -2.50. The van der Waals surface area contributed by atoms with Gasteiger partial charge in [-0.3, -0.25) is 4.79 Å². The van der Waals surface area contributed by atoms with Crippen molar-refractivity contribution < 1.29 is 14.6 Å². The molecule has 0 spiro atoms. The lowest BCUT2D eigenvalue weighted by Gasteiger charge is -2.26. The quantitative estimate of drug-likeness (QED) is 0.652. The van der Waals surface area contributed by atoms with Crippen LogP contribution in [-0.2, 0) is 5.60 Å². The number of amides is 2. The zero-order chi connectivity index (χ0) is 22.2. The standard InChI is InChI=1S/C18H16Cl2N6O4/c1-8-13(7-21)25-26(17(28)22-8)9-4-11(19)15(12(20)5-9)30-14-6-10(18(2,3)29)16(27)24-23-14/h4-6,8,29H,1-3H3,(H,22,28)(H,24,27). The Morgan fingerprint density at radius 2 is 1.90 bits per heavy atom. The van der Waals surface area contributed by atoms with Crippen LogP contribution in [0, 0.1) is 11.3 Å². The monoisotopic (exact) mass is 450 g/mol. The Morgan fingerprint density at radius 1 is 1.27 bits per heavy atom. The summed E-state index contributed by atoms with van der Waals surface area (Å²) in [4.78, 5) is 24.1. The summed E-state index contributed by atoms with van der Waals surface area (Å²) in [5, 5.41) is 32.9. The first-order valence-corrected chi connectivity index (χ1v) is 9.35. The highest BCUT2D eigenvalue weighted by atomic mass is 35.5. The smallest absolute Gasteiger partial charge is 0.343 e. The van der Waals surface area contributed by atoms with Gasteiger partial charge >= 0.3 is 6.03 Å². The molecule has 30 heavy (non-hydrogen) atoms. The van der Waals surface area contributed by atoms with E-state index in [0.717, 1.165) is 5.01 Å². The molecule has 0 saturated carbocycles. The number of carbonyl (C=O) groups excluding carboxylic acids is 1. The van der Waals surface area contributed by atoms with Crippen molar-refractivity contribution in [1.29, 1.82) is 5.26 Å². The lowest BCUT2D eigenvalue weighted by atomic mass is 10.0. The Labute approximate surface area is 180 Å². The molecule has 1 aromatic carbocycles. The van der Waals surface area contributed by atoms with E-state index in [1.54, 1.807) is 6.92 Å². The Hall–Kier alpha value is -3.13. The highest BCUT2D eigenvalue weighted by molar-refractivity contribution is 6.37. The number of aromatic amines is 1. The predicted octanol–water partition coefficient (Wildman–Crippen LogP) is 2.89. The average Bonchev–Trinajstić information content (AvgIpc) is 2.65. The van der Waals surface area contributed by atoms with Gasteiger partial charge in [-0.2, -0.15) is 15.4 Å². The van der Waals surface area contributed by atoms with Gasteiger partial charge in [0.25, 0.3) is 5.56 Å². The van der Waals surface area contributed by atoms with Crippen LogP contribution in [0.3, 0.4) is 0 Å². The van der Waals surface area contributed by atoms with Gasteiger partial charge in [0.15, 0.2) is 11.5 Å². The number of ether oxygens (including phenoxy) is 1. The second-order valence-corrected chi connectivity index (χ2v) is 7.74. The zero-order valence-corrected chi connectivity index (χ0v) is 17.5. The van der Waals surface area contributed by atoms with Crippen LogP contribution in [0.1, 0.15) is 26.3 Å². The highest BCUT2D eigenvalue weighted by Gasteiger charge is 2.28. The molecule has 0 radical (unpaired) electrons. The molecule has 1 unspecified atom stereocenters. The molecule has 2 amide bonds. The lowest BCUT2D eigenvalue weighted by molar-refractivity contribution is 0.0765. The second kappa shape index (κ2) is 7.95. The molecule has 156 valence electrons. The topological polar surface area (TPSA) is 144 Å². The van der Waals surface area contributed by atoms with Crippen molar-refractivity contribution in [3.8, 4) is 17.7 Å². The maximum atomic E-state index is 12.2. The molecule has 3 rings (SSSR count). The van der Waals surface area contributed by atoms with Gasteiger partial charge in [-0.25, -0.2) is 9.89 Å². The van der Waals surface area contributed by atoms with Crippen molar-refractivity contribution in [3.05, 3.63) is 44.2 Å². The maximum Gasteiger partial charge on any atom is 0.343 e. The molecule has 0 fully saturated rings. The fraction of sp³-hybridized carbons (Fsp3) is 0.278. The molecule has 12 heteroatoms. The minimum Gasteiger partial charge on any atom is -0.434 e. The van der Waals surface area contributed by atoms with Crippen molar-refractivity contribution in [2.75, 3.05) is 5.01 Å². The van der Waals surface area contributed by atoms with E-state index in [-0.39, 0.29) is 38.6 Å². The van der Waals surface area contributed by atoms with Crippen molar-refractivity contribution >= 4 is 40.6 Å². The molecule has 2 heterocycles. The molecule has 1 aliphatic heterocycles. The van der Waals surface area contributed by atoms with Crippen LogP contribution >= 0.6 is 23.2 Å². The van der Waals surface area contributed by atoms with E-state index in [2.05, 4.69) is 20.6 Å². The van der Waals surface area contributed by atoms with Crippen LogP contribution in [0.4, 0.5) is 10.5 Å². The first-order valence-electron chi connectivity index (χ1n) is 8.60. The normalized spacial score (nSPS) is 16.6. The molecule has 1 atom stereocenters. The third-order valence-electron chi connectivity index (χ3n) is 4.14. The molecular weight excluding hydrogens is 435 g/mol. The number of nitrogens with zero attached hydrogens (tertiary/aromatic N) is 4. The van der Waals surface area contributed by atoms with Gasteiger partial charge in [0.05, 0.1) is 32.9 Å². The first kappa shape index (κ1) is 21.6. The van der Waals surface area contributed by atoms with Gasteiger partial charge in [-0.1, -0.05) is 23.2 Å². The van der Waals surface area contributed by atoms with Crippen LogP contribution < -0.4 is 20.6 Å². The number of urea groups is 1. The third kappa shape index (κ3) is 4.23. The molecule has 1 aliphatic rings. The highest BCUT2D eigenvalue weighted by Crippen LogP contribution is 2.40. The maximum absolute atomic E-state index is 12.2. The largest absolute Gasteiger partial charge is 0.434 e. The molecule has 1 aromatic heterocycles. The number of H-pyrrole nitrogens is 1. The number of nitriles is 1. The molecule has 0 saturated heterocycles. The van der Waals surface area contributed by atoms with Gasteiger partial charge in [0.1, 0.15) is 6.07 Å². The van der Waals surface area contributed by atoms with Gasteiger partial charge in [-0.05, 0) is 32.9 Å². The van der Waals surface area contributed by atoms with Gasteiger partial charge < -0.3 is 15.2 Å². The van der Waals surface area contributed by atoms with Crippen molar-refractivity contribution in [1.82, 2.24) is 15.5 Å². The fourth-order valence-electron chi connectivity index (χ4n) is 2.61. The van der Waals surface area contributed by atoms with Crippen molar-refractivity contribution in [3.63, 3.8) is 0 Å². The SMILES string of the molecule is CC1NC(=O)N(c2cc(Cl)c(Oc3cc(C(C)(C)O)c(=O)[nH]n3)c(Cl)c2)N=C1C#N. The number of nitrogens with one attached hydrogen (secondary N) is 2. The predicted molar refractivity (Wildman–Crippen MR) is 110 cm³/mol. The van der Waals surface area contributed by atoms with Crippen molar-refractivity contribution in [2.24, 2.45) is 5.10 Å². The van der Waals surface area contributed by atoms with Crippen LogP contribution in [0.25, 0.3) is 0 Å². The Morgan fingerprint density at radius 3 is 2.47 bits per heavy atom. The summed E-state index contributed by atoms with van der Waals surface area (Å²) in [5.41, 5.74) is -1.64. The molecule has 2 aromatic rings. The van der Waals surface area contributed by atoms with Gasteiger partial charge in [-0.15, -0.1) is 5.10 Å². The minimum atomic E-state index is -1.43. The Bertz CT molecular complexity index is 1130. The van der Waals surface area contributed by atoms with E-state index in [1.165, 1.54) is 32.0 Å². The third-order valence-corrected chi connectivity index (χ3v) is 4.70. The number of hydrazone groups is 1. The van der Waals surface area contributed by atoms with Crippen LogP contribution in [0.2, 0.25) is 10.0 Å². The summed E-state index contributed by atoms with van der Waals surface area (Å²) >= 11 is 12.6. The summed E-state index contributed by atoms with van der Waals surface area (Å²) in [5.74, 6) is -0.0452. The van der Waals surface area contributed by atoms with E-state index in [4.69, 9.17) is 33.2 Å². The zero-order valence-electron chi connectivity index (χ0n) is 16.0. The number of hydrogen-bond donors (Lipinski definition) is 3. The minimum absolute atomic E-state index is 0.0126. The van der Waals surface area contributed by atoms with E-state index in [9.17, 15) is 14.7 Å². The molecule has 3 N–H and O–H groups in total. The molecule has 0 aliphatic carbocycles. The first-order chi connectivity index (χ1) is 14.0. The van der Waals surface area contributed by atoms with E-state index < -0.39 is 23.2 Å². The number of hydrogen-bond acceptors (Lipinski definition) is 7. The summed E-state index contributed by atoms with van der Waals surface area (Å²) in [6, 6.07) is 4.85. The molecule has 0 bridgehead atoms. The van der Waals surface area contributed by atoms with Gasteiger partial charge in [0, 0.05) is 6.07 Å². The number of carbonyl (C=O) groups is 1. The van der Waals surface area contributed by atoms with Crippen LogP contribution in [0.15, 0.2) is 28.1 Å². The number of rotatable bonds is 4. The average molecular weight is 451 g/mol. The Balaban J connectivity index is 1.97. The summed E-state index contributed by atoms with van der Waals surface area (Å²) in [7, 11) is 0. The number of benzene rings is 1. The number of aliphatic hydroxyl groups is 1.